The average molecular weight is 534 g/mol. The molecule has 1 aromatic heterocycles. The maximum Gasteiger partial charge on any atom is 0.194 e. The third-order valence-electron chi connectivity index (χ3n) is 6.30. The van der Waals surface area contributed by atoms with Crippen molar-refractivity contribution in [3.8, 4) is 0 Å². The highest BCUT2D eigenvalue weighted by Crippen LogP contribution is 2.33. The van der Waals surface area contributed by atoms with Gasteiger partial charge in [0.05, 0.1) is 13.2 Å². The molecule has 2 aliphatic rings. The first-order chi connectivity index (χ1) is 14.0. The summed E-state index contributed by atoms with van der Waals surface area (Å²) >= 11 is 0. The Morgan fingerprint density at radius 1 is 1.23 bits per heavy atom. The number of ether oxygens (including phenoxy) is 1. The largest absolute Gasteiger partial charge is 0.379 e. The molecular formula is C21H40IN7O. The molecule has 0 amide bonds. The molecule has 30 heavy (non-hydrogen) atoms. The number of aliphatic imine (C=N–C) groups is 1. The lowest BCUT2D eigenvalue weighted by molar-refractivity contribution is 0.0387. The summed E-state index contributed by atoms with van der Waals surface area (Å²) in [6, 6.07) is 0. The summed E-state index contributed by atoms with van der Waals surface area (Å²) in [5, 5.41) is 12.1. The van der Waals surface area contributed by atoms with Gasteiger partial charge in [-0.1, -0.05) is 20.3 Å². The van der Waals surface area contributed by atoms with E-state index in [4.69, 9.17) is 9.73 Å². The van der Waals surface area contributed by atoms with Crippen molar-refractivity contribution in [2.24, 2.45) is 17.5 Å². The first kappa shape index (κ1) is 25.3. The number of likely N-dealkylation sites (tertiary alicyclic amines) is 1. The van der Waals surface area contributed by atoms with Crippen LogP contribution in [-0.4, -0.2) is 83.0 Å². The fraction of sp³-hybridized carbons (Fsp3) is 0.857. The molecule has 9 heteroatoms. The SMILES string of the molecule is CCCC1(C)CCCN(C(=NCc2nnc(C)n2C)NCCN2CCOCC2)C1.I. The van der Waals surface area contributed by atoms with E-state index >= 15 is 0 Å². The van der Waals surface area contributed by atoms with E-state index in [1.165, 1.54) is 25.7 Å². The van der Waals surface area contributed by atoms with Crippen LogP contribution in [0.25, 0.3) is 0 Å². The summed E-state index contributed by atoms with van der Waals surface area (Å²) in [7, 11) is 2.00. The summed E-state index contributed by atoms with van der Waals surface area (Å²) in [6.45, 7) is 15.0. The van der Waals surface area contributed by atoms with Gasteiger partial charge in [-0.2, -0.15) is 0 Å². The van der Waals surface area contributed by atoms with E-state index in [9.17, 15) is 0 Å². The summed E-state index contributed by atoms with van der Waals surface area (Å²) in [5.74, 6) is 2.84. The van der Waals surface area contributed by atoms with Crippen molar-refractivity contribution in [3.63, 3.8) is 0 Å². The molecule has 3 rings (SSSR count). The van der Waals surface area contributed by atoms with Crippen molar-refractivity contribution in [2.75, 3.05) is 52.5 Å². The molecule has 172 valence electrons. The number of guanidine groups is 1. The Labute approximate surface area is 198 Å². The fourth-order valence-electron chi connectivity index (χ4n) is 4.46. The van der Waals surface area contributed by atoms with Crippen LogP contribution in [0, 0.1) is 12.3 Å². The highest BCUT2D eigenvalue weighted by Gasteiger charge is 2.31. The van der Waals surface area contributed by atoms with Crippen LogP contribution in [-0.2, 0) is 18.3 Å². The second-order valence-electron chi connectivity index (χ2n) is 8.83. The normalized spacial score (nSPS) is 23.3. The molecule has 2 fully saturated rings. The Balaban J connectivity index is 0.00000320. The van der Waals surface area contributed by atoms with Crippen LogP contribution in [0.15, 0.2) is 4.99 Å². The summed E-state index contributed by atoms with van der Waals surface area (Å²) < 4.78 is 7.48. The quantitative estimate of drug-likeness (QED) is 0.330. The molecule has 2 saturated heterocycles. The predicted molar refractivity (Wildman–Crippen MR) is 131 cm³/mol. The van der Waals surface area contributed by atoms with Gasteiger partial charge in [0.2, 0.25) is 0 Å². The van der Waals surface area contributed by atoms with E-state index in [2.05, 4.69) is 39.2 Å². The van der Waals surface area contributed by atoms with Crippen LogP contribution in [0.4, 0.5) is 0 Å². The molecule has 1 atom stereocenters. The van der Waals surface area contributed by atoms with Crippen molar-refractivity contribution in [3.05, 3.63) is 11.6 Å². The molecule has 0 aliphatic carbocycles. The van der Waals surface area contributed by atoms with E-state index < -0.39 is 0 Å². The molecular weight excluding hydrogens is 493 g/mol. The zero-order valence-electron chi connectivity index (χ0n) is 19.2. The van der Waals surface area contributed by atoms with Crippen LogP contribution < -0.4 is 5.32 Å². The Kier molecular flexibility index (Phi) is 10.3. The number of nitrogens with one attached hydrogen (secondary N) is 1. The van der Waals surface area contributed by atoms with Crippen LogP contribution in [0.2, 0.25) is 0 Å². The first-order valence-electron chi connectivity index (χ1n) is 11.2. The van der Waals surface area contributed by atoms with Crippen LogP contribution >= 0.6 is 24.0 Å². The summed E-state index contributed by atoms with van der Waals surface area (Å²) in [4.78, 5) is 9.88. The number of aryl methyl sites for hydroxylation is 1. The average Bonchev–Trinajstić information content (AvgIpc) is 3.03. The Hall–Kier alpha value is -0.940. The molecule has 0 spiro atoms. The fourth-order valence-corrected chi connectivity index (χ4v) is 4.46. The molecule has 1 unspecified atom stereocenters. The topological polar surface area (TPSA) is 70.8 Å². The lowest BCUT2D eigenvalue weighted by Gasteiger charge is -2.42. The first-order valence-corrected chi connectivity index (χ1v) is 11.2. The molecule has 2 aliphatic heterocycles. The van der Waals surface area contributed by atoms with Gasteiger partial charge in [-0.05, 0) is 31.6 Å². The summed E-state index contributed by atoms with van der Waals surface area (Å²) in [6.07, 6.45) is 5.04. The Morgan fingerprint density at radius 2 is 2.00 bits per heavy atom. The Morgan fingerprint density at radius 3 is 2.67 bits per heavy atom. The van der Waals surface area contributed by atoms with Gasteiger partial charge in [0.1, 0.15) is 12.4 Å². The zero-order valence-corrected chi connectivity index (χ0v) is 21.5. The Bertz CT molecular complexity index is 670. The lowest BCUT2D eigenvalue weighted by Crippen LogP contribution is -2.51. The van der Waals surface area contributed by atoms with Gasteiger partial charge in [-0.15, -0.1) is 34.2 Å². The second-order valence-corrected chi connectivity index (χ2v) is 8.83. The molecule has 1 aromatic rings. The van der Waals surface area contributed by atoms with Gasteiger partial charge in [-0.3, -0.25) is 4.90 Å². The molecule has 1 N–H and O–H groups in total. The minimum atomic E-state index is 0. The van der Waals surface area contributed by atoms with E-state index in [1.54, 1.807) is 0 Å². The second kappa shape index (κ2) is 12.2. The molecule has 8 nitrogen and oxygen atoms in total. The lowest BCUT2D eigenvalue weighted by atomic mass is 9.78. The number of piperidine rings is 1. The third kappa shape index (κ3) is 7.05. The standard InChI is InChI=1S/C21H39N7O.HI/c1-5-7-21(3)8-6-10-28(17-21)20(22-9-11-27-12-14-29-15-13-27)23-16-19-25-24-18(2)26(19)4;/h5-17H2,1-4H3,(H,22,23);1H. The van der Waals surface area contributed by atoms with Gasteiger partial charge in [-0.25, -0.2) is 4.99 Å². The van der Waals surface area contributed by atoms with E-state index in [0.29, 0.717) is 12.0 Å². The van der Waals surface area contributed by atoms with Crippen LogP contribution in [0.1, 0.15) is 51.2 Å². The van der Waals surface area contributed by atoms with Crippen molar-refractivity contribution >= 4 is 29.9 Å². The van der Waals surface area contributed by atoms with Crippen molar-refractivity contribution in [1.29, 1.82) is 0 Å². The van der Waals surface area contributed by atoms with Crippen LogP contribution in [0.3, 0.4) is 0 Å². The number of nitrogens with zero attached hydrogens (tertiary/aromatic N) is 6. The molecule has 0 bridgehead atoms. The van der Waals surface area contributed by atoms with Crippen molar-refractivity contribution in [2.45, 2.75) is 53.0 Å². The third-order valence-corrected chi connectivity index (χ3v) is 6.30. The number of rotatable bonds is 7. The monoisotopic (exact) mass is 533 g/mol. The van der Waals surface area contributed by atoms with Gasteiger partial charge in [0, 0.05) is 46.3 Å². The zero-order chi connectivity index (χ0) is 20.7. The van der Waals surface area contributed by atoms with E-state index in [0.717, 1.165) is 70.1 Å². The maximum absolute atomic E-state index is 5.46. The smallest absolute Gasteiger partial charge is 0.194 e. The molecule has 0 radical (unpaired) electrons. The molecule has 0 saturated carbocycles. The van der Waals surface area contributed by atoms with Gasteiger partial charge in [0.25, 0.3) is 0 Å². The number of hydrogen-bond acceptors (Lipinski definition) is 5. The van der Waals surface area contributed by atoms with Crippen molar-refractivity contribution in [1.82, 2.24) is 29.9 Å². The maximum atomic E-state index is 5.46. The predicted octanol–water partition coefficient (Wildman–Crippen LogP) is 2.42. The number of hydrogen-bond donors (Lipinski definition) is 1. The number of morpholine rings is 1. The van der Waals surface area contributed by atoms with Gasteiger partial charge >= 0.3 is 0 Å². The van der Waals surface area contributed by atoms with Crippen molar-refractivity contribution < 1.29 is 4.74 Å². The minimum absolute atomic E-state index is 0. The minimum Gasteiger partial charge on any atom is -0.379 e. The van der Waals surface area contributed by atoms with E-state index in [1.807, 2.05) is 18.5 Å². The van der Waals surface area contributed by atoms with Gasteiger partial charge in [0.15, 0.2) is 11.8 Å². The highest BCUT2D eigenvalue weighted by molar-refractivity contribution is 14.0. The summed E-state index contributed by atoms with van der Waals surface area (Å²) in [5.41, 5.74) is 0.376. The number of aromatic nitrogens is 3. The highest BCUT2D eigenvalue weighted by atomic mass is 127. The number of halogens is 1. The van der Waals surface area contributed by atoms with E-state index in [-0.39, 0.29) is 24.0 Å². The molecule has 3 heterocycles. The van der Waals surface area contributed by atoms with Gasteiger partial charge < -0.3 is 19.5 Å². The molecule has 0 aromatic carbocycles. The van der Waals surface area contributed by atoms with Crippen LogP contribution in [0.5, 0.6) is 0 Å².